The zero-order valence-corrected chi connectivity index (χ0v) is 9.71. The molecule has 0 atom stereocenters. The lowest BCUT2D eigenvalue weighted by atomic mass is 10.2. The summed E-state index contributed by atoms with van der Waals surface area (Å²) in [4.78, 5) is 8.83. The van der Waals surface area contributed by atoms with E-state index >= 15 is 0 Å². The Balaban J connectivity index is 1.88. The first kappa shape index (κ1) is 10.3. The lowest BCUT2D eigenvalue weighted by Crippen LogP contribution is -2.06. The summed E-state index contributed by atoms with van der Waals surface area (Å²) in [6.45, 7) is 0. The quantitative estimate of drug-likeness (QED) is 0.746. The van der Waals surface area contributed by atoms with Crippen molar-refractivity contribution in [3.05, 3.63) is 58.4 Å². The molecule has 0 saturated heterocycles. The lowest BCUT2D eigenvalue weighted by molar-refractivity contribution is 0.627. The van der Waals surface area contributed by atoms with Crippen LogP contribution in [-0.2, 0) is 0 Å². The van der Waals surface area contributed by atoms with Gasteiger partial charge >= 0.3 is 0 Å². The fourth-order valence-corrected chi connectivity index (χ4v) is 2.11. The molecule has 0 aromatic heterocycles. The molecule has 0 radical (unpaired) electrons. The third kappa shape index (κ3) is 1.59. The molecule has 2 heterocycles. The molecule has 0 saturated carbocycles. The van der Waals surface area contributed by atoms with E-state index in [4.69, 9.17) is 0 Å². The van der Waals surface area contributed by atoms with Crippen molar-refractivity contribution in [1.82, 2.24) is 0 Å². The number of nitrogens with zero attached hydrogens (tertiary/aromatic N) is 4. The summed E-state index contributed by atoms with van der Waals surface area (Å²) in [5.74, 6) is 0.228. The molecule has 0 bridgehead atoms. The van der Waals surface area contributed by atoms with E-state index in [9.17, 15) is 4.39 Å². The summed E-state index contributed by atoms with van der Waals surface area (Å²) in [6.07, 6.45) is 1.69. The predicted molar refractivity (Wildman–Crippen MR) is 68.8 cm³/mol. The molecular formula is C14H7FN4. The van der Waals surface area contributed by atoms with Gasteiger partial charge in [-0.15, -0.1) is 0 Å². The van der Waals surface area contributed by atoms with Crippen LogP contribution >= 0.6 is 0 Å². The predicted octanol–water partition coefficient (Wildman–Crippen LogP) is 2.37. The first-order valence-electron chi connectivity index (χ1n) is 5.78. The molecule has 90 valence electrons. The Hall–Kier alpha value is -2.69. The maximum absolute atomic E-state index is 13.2. The van der Waals surface area contributed by atoms with Gasteiger partial charge in [0, 0.05) is 10.8 Å². The van der Waals surface area contributed by atoms with Crippen molar-refractivity contribution >= 4 is 23.4 Å². The monoisotopic (exact) mass is 250 g/mol. The minimum absolute atomic E-state index is 0.295. The first-order chi connectivity index (χ1) is 9.29. The van der Waals surface area contributed by atoms with Crippen molar-refractivity contribution in [3.63, 3.8) is 0 Å². The molecule has 2 aliphatic heterocycles. The van der Waals surface area contributed by atoms with Gasteiger partial charge in [-0.3, -0.25) is 0 Å². The molecule has 0 aliphatic carbocycles. The summed E-state index contributed by atoms with van der Waals surface area (Å²) in [5.41, 5.74) is 2.22. The standard InChI is InChI=1S/C14H7FN4/c15-10-3-1-2-8(4-10)14-17-12-5-9-7-16-19-11(9)6-13(12)18-14/h1-7H. The highest BCUT2D eigenvalue weighted by Crippen LogP contribution is 2.18. The highest BCUT2D eigenvalue weighted by Gasteiger charge is 2.13. The minimum Gasteiger partial charge on any atom is -0.226 e. The smallest absolute Gasteiger partial charge is 0.160 e. The summed E-state index contributed by atoms with van der Waals surface area (Å²) in [5, 5.41) is 9.50. The normalized spacial score (nSPS) is 14.5. The molecule has 0 spiro atoms. The fourth-order valence-electron chi connectivity index (χ4n) is 2.11. The van der Waals surface area contributed by atoms with Crippen molar-refractivity contribution in [2.24, 2.45) is 20.2 Å². The number of aliphatic imine (C=N–C) groups is 1. The van der Waals surface area contributed by atoms with Crippen molar-refractivity contribution in [2.45, 2.75) is 0 Å². The number of fused-ring (bicyclic) bond motifs is 2. The van der Waals surface area contributed by atoms with Gasteiger partial charge in [0.1, 0.15) is 5.82 Å². The van der Waals surface area contributed by atoms with Crippen LogP contribution < -0.4 is 10.6 Å². The van der Waals surface area contributed by atoms with E-state index in [1.165, 1.54) is 12.1 Å². The second kappa shape index (κ2) is 3.65. The maximum Gasteiger partial charge on any atom is 0.160 e. The first-order valence-corrected chi connectivity index (χ1v) is 5.78. The third-order valence-corrected chi connectivity index (χ3v) is 3.02. The molecule has 0 amide bonds. The van der Waals surface area contributed by atoms with Gasteiger partial charge in [0.2, 0.25) is 0 Å². The van der Waals surface area contributed by atoms with E-state index in [0.717, 1.165) is 22.0 Å². The van der Waals surface area contributed by atoms with Crippen LogP contribution in [0.5, 0.6) is 0 Å². The highest BCUT2D eigenvalue weighted by atomic mass is 19.1. The van der Waals surface area contributed by atoms with Gasteiger partial charge in [-0.05, 0) is 24.3 Å². The largest absolute Gasteiger partial charge is 0.226 e. The molecule has 19 heavy (non-hydrogen) atoms. The number of azo groups is 1. The lowest BCUT2D eigenvalue weighted by Gasteiger charge is -1.96. The third-order valence-electron chi connectivity index (χ3n) is 3.02. The van der Waals surface area contributed by atoms with E-state index in [1.807, 2.05) is 12.1 Å². The Bertz CT molecular complexity index is 881. The van der Waals surface area contributed by atoms with Gasteiger partial charge in [0.05, 0.1) is 22.9 Å². The van der Waals surface area contributed by atoms with E-state index in [1.54, 1.807) is 18.3 Å². The zero-order chi connectivity index (χ0) is 12.8. The zero-order valence-electron chi connectivity index (χ0n) is 9.71. The number of benzene rings is 2. The average Bonchev–Trinajstić information content (AvgIpc) is 3.00. The van der Waals surface area contributed by atoms with Crippen LogP contribution in [0.25, 0.3) is 6.20 Å². The summed E-state index contributed by atoms with van der Waals surface area (Å²) < 4.78 is 13.2. The summed E-state index contributed by atoms with van der Waals surface area (Å²) in [6, 6.07) is 9.99. The van der Waals surface area contributed by atoms with Crippen molar-refractivity contribution < 1.29 is 4.39 Å². The Morgan fingerprint density at radius 1 is 0.947 bits per heavy atom. The number of amidine groups is 1. The summed E-state index contributed by atoms with van der Waals surface area (Å²) in [7, 11) is 0. The number of hydrogen-bond donors (Lipinski definition) is 0. The second-order valence-corrected chi connectivity index (χ2v) is 4.30. The molecule has 2 aromatic carbocycles. The molecule has 0 N–H and O–H groups in total. The van der Waals surface area contributed by atoms with Gasteiger partial charge in [-0.25, -0.2) is 14.4 Å². The van der Waals surface area contributed by atoms with Crippen molar-refractivity contribution in [3.8, 4) is 0 Å². The molecule has 5 heteroatoms. The molecule has 4 rings (SSSR count). The van der Waals surface area contributed by atoms with E-state index in [0.29, 0.717) is 11.4 Å². The van der Waals surface area contributed by atoms with Crippen LogP contribution in [0.4, 0.5) is 15.8 Å². The molecule has 2 aromatic rings. The Labute approximate surface area is 107 Å². The molecule has 0 unspecified atom stereocenters. The topological polar surface area (TPSA) is 49.4 Å². The van der Waals surface area contributed by atoms with Gasteiger partial charge in [-0.2, -0.15) is 10.2 Å². The Morgan fingerprint density at radius 2 is 1.89 bits per heavy atom. The van der Waals surface area contributed by atoms with Crippen molar-refractivity contribution in [2.75, 3.05) is 0 Å². The minimum atomic E-state index is -0.295. The van der Waals surface area contributed by atoms with Crippen molar-refractivity contribution in [1.29, 1.82) is 0 Å². The van der Waals surface area contributed by atoms with E-state index < -0.39 is 0 Å². The van der Waals surface area contributed by atoms with Crippen LogP contribution in [-0.4, -0.2) is 5.84 Å². The maximum atomic E-state index is 13.2. The fraction of sp³-hybridized carbons (Fsp3) is 0. The average molecular weight is 250 g/mol. The number of rotatable bonds is 1. The van der Waals surface area contributed by atoms with Gasteiger partial charge in [0.15, 0.2) is 5.84 Å². The van der Waals surface area contributed by atoms with Crippen LogP contribution in [0.3, 0.4) is 0 Å². The number of halogens is 1. The van der Waals surface area contributed by atoms with Crippen LogP contribution in [0.15, 0.2) is 56.6 Å². The molecule has 4 nitrogen and oxygen atoms in total. The van der Waals surface area contributed by atoms with Gasteiger partial charge < -0.3 is 0 Å². The van der Waals surface area contributed by atoms with Gasteiger partial charge in [0.25, 0.3) is 0 Å². The highest BCUT2D eigenvalue weighted by molar-refractivity contribution is 6.02. The van der Waals surface area contributed by atoms with Crippen LogP contribution in [0.1, 0.15) is 5.56 Å². The molecule has 0 fully saturated rings. The van der Waals surface area contributed by atoms with Crippen LogP contribution in [0, 0.1) is 5.82 Å². The Kier molecular flexibility index (Phi) is 1.97. The second-order valence-electron chi connectivity index (χ2n) is 4.30. The number of hydrogen-bond acceptors (Lipinski definition) is 4. The molecule has 2 aliphatic rings. The van der Waals surface area contributed by atoms with Crippen LogP contribution in [0.2, 0.25) is 0 Å². The Morgan fingerprint density at radius 3 is 2.79 bits per heavy atom. The van der Waals surface area contributed by atoms with E-state index in [2.05, 4.69) is 20.2 Å². The summed E-state index contributed by atoms with van der Waals surface area (Å²) >= 11 is 0. The SMILES string of the molecule is Fc1cccc(C2=Nc3cc4c(cc3=N2)N=NC=4)c1. The van der Waals surface area contributed by atoms with E-state index in [-0.39, 0.29) is 5.82 Å². The molecular weight excluding hydrogens is 243 g/mol. The van der Waals surface area contributed by atoms with Gasteiger partial charge in [-0.1, -0.05) is 12.1 Å².